The Balaban J connectivity index is 2.69. The van der Waals surface area contributed by atoms with Crippen LogP contribution in [0.15, 0.2) is 12.2 Å². The Morgan fingerprint density at radius 2 is 2.12 bits per heavy atom. The second-order valence-electron chi connectivity index (χ2n) is 4.97. The molecule has 17 heavy (non-hydrogen) atoms. The number of hydrogen-bond donors (Lipinski definition) is 1. The van der Waals surface area contributed by atoms with E-state index in [0.29, 0.717) is 13.0 Å². The molecule has 0 aromatic rings. The third-order valence-electron chi connectivity index (χ3n) is 3.36. The van der Waals surface area contributed by atoms with Gasteiger partial charge >= 0.3 is 5.97 Å². The second-order valence-corrected chi connectivity index (χ2v) is 4.97. The Morgan fingerprint density at radius 1 is 1.47 bits per heavy atom. The zero-order chi connectivity index (χ0) is 13.1. The highest BCUT2D eigenvalue weighted by molar-refractivity contribution is 5.86. The second kappa shape index (κ2) is 5.34. The van der Waals surface area contributed by atoms with Gasteiger partial charge in [-0.3, -0.25) is 4.79 Å². The van der Waals surface area contributed by atoms with Gasteiger partial charge in [0.2, 0.25) is 5.91 Å². The van der Waals surface area contributed by atoms with Crippen LogP contribution in [0.4, 0.5) is 0 Å². The predicted molar refractivity (Wildman–Crippen MR) is 65.6 cm³/mol. The van der Waals surface area contributed by atoms with Crippen molar-refractivity contribution in [1.82, 2.24) is 4.90 Å². The van der Waals surface area contributed by atoms with Crippen molar-refractivity contribution in [2.45, 2.75) is 45.6 Å². The van der Waals surface area contributed by atoms with E-state index < -0.39 is 11.5 Å². The topological polar surface area (TPSA) is 57.6 Å². The number of amides is 1. The average Bonchev–Trinajstić information content (AvgIpc) is 2.70. The molecule has 0 aromatic carbocycles. The van der Waals surface area contributed by atoms with E-state index in [1.165, 1.54) is 4.90 Å². The van der Waals surface area contributed by atoms with Crippen LogP contribution in [-0.2, 0) is 9.59 Å². The van der Waals surface area contributed by atoms with E-state index in [1.807, 2.05) is 6.92 Å². The van der Waals surface area contributed by atoms with Gasteiger partial charge < -0.3 is 10.0 Å². The molecule has 1 rings (SSSR count). The maximum atomic E-state index is 12.1. The van der Waals surface area contributed by atoms with Crippen LogP contribution in [-0.4, -0.2) is 34.0 Å². The minimum Gasteiger partial charge on any atom is -0.480 e. The third-order valence-corrected chi connectivity index (χ3v) is 3.36. The minimum atomic E-state index is -1.13. The molecule has 0 fully saturated rings. The van der Waals surface area contributed by atoms with Gasteiger partial charge in [-0.2, -0.15) is 0 Å². The lowest BCUT2D eigenvalue weighted by atomic mass is 9.99. The zero-order valence-corrected chi connectivity index (χ0v) is 10.8. The van der Waals surface area contributed by atoms with Crippen molar-refractivity contribution in [3.8, 4) is 0 Å². The lowest BCUT2D eigenvalue weighted by Gasteiger charge is -2.34. The highest BCUT2D eigenvalue weighted by Crippen LogP contribution is 2.24. The van der Waals surface area contributed by atoms with Crippen LogP contribution in [0, 0.1) is 5.92 Å². The Kier molecular flexibility index (Phi) is 4.32. The van der Waals surface area contributed by atoms with E-state index in [0.717, 1.165) is 12.8 Å². The summed E-state index contributed by atoms with van der Waals surface area (Å²) in [6.07, 6.45) is 6.57. The largest absolute Gasteiger partial charge is 0.480 e. The summed E-state index contributed by atoms with van der Waals surface area (Å²) in [6, 6.07) is 0. The summed E-state index contributed by atoms with van der Waals surface area (Å²) in [5.41, 5.74) is -1.13. The molecule has 0 aliphatic heterocycles. The number of likely N-dealkylation sites (N-methyl/N-ethyl adjacent to an activating group) is 1. The van der Waals surface area contributed by atoms with Crippen molar-refractivity contribution in [2.24, 2.45) is 5.92 Å². The fraction of sp³-hybridized carbons (Fsp3) is 0.692. The van der Waals surface area contributed by atoms with Gasteiger partial charge in [-0.25, -0.2) is 4.79 Å². The summed E-state index contributed by atoms with van der Waals surface area (Å²) in [5.74, 6) is -0.757. The van der Waals surface area contributed by atoms with Crippen LogP contribution in [0.3, 0.4) is 0 Å². The lowest BCUT2D eigenvalue weighted by Crippen LogP contribution is -2.53. The molecule has 4 nitrogen and oxygen atoms in total. The molecule has 4 heteroatoms. The van der Waals surface area contributed by atoms with Crippen LogP contribution in [0.2, 0.25) is 0 Å². The first-order valence-corrected chi connectivity index (χ1v) is 6.10. The number of carbonyl (C=O) groups is 2. The molecule has 0 spiro atoms. The fourth-order valence-corrected chi connectivity index (χ4v) is 2.20. The maximum Gasteiger partial charge on any atom is 0.329 e. The maximum absolute atomic E-state index is 12.1. The number of nitrogens with zero attached hydrogens (tertiary/aromatic N) is 1. The summed E-state index contributed by atoms with van der Waals surface area (Å²) in [5, 5.41) is 9.14. The van der Waals surface area contributed by atoms with Crippen LogP contribution >= 0.6 is 0 Å². The van der Waals surface area contributed by atoms with Gasteiger partial charge in [0, 0.05) is 13.0 Å². The van der Waals surface area contributed by atoms with Crippen molar-refractivity contribution >= 4 is 11.9 Å². The third kappa shape index (κ3) is 3.08. The van der Waals surface area contributed by atoms with Crippen molar-refractivity contribution < 1.29 is 14.7 Å². The Morgan fingerprint density at radius 3 is 2.53 bits per heavy atom. The molecule has 1 N–H and O–H groups in total. The molecular formula is C13H21NO3. The van der Waals surface area contributed by atoms with Crippen LogP contribution in [0.25, 0.3) is 0 Å². The number of carbonyl (C=O) groups excluding carboxylic acids is 1. The Hall–Kier alpha value is -1.32. The molecule has 96 valence electrons. The Labute approximate surface area is 102 Å². The molecule has 1 aliphatic rings. The number of allylic oxidation sites excluding steroid dienone is 2. The van der Waals surface area contributed by atoms with Crippen molar-refractivity contribution in [2.75, 3.05) is 6.54 Å². The molecule has 0 heterocycles. The van der Waals surface area contributed by atoms with Crippen LogP contribution in [0.5, 0.6) is 0 Å². The standard InChI is InChI=1S/C13H21NO3/c1-4-14(13(2,3)12(16)17)11(15)9-10-7-5-6-8-10/h5,7,10H,4,6,8-9H2,1-3H3,(H,16,17). The molecule has 0 saturated carbocycles. The first kappa shape index (κ1) is 13.7. The fourth-order valence-electron chi connectivity index (χ4n) is 2.20. The van der Waals surface area contributed by atoms with Gasteiger partial charge in [-0.1, -0.05) is 12.2 Å². The monoisotopic (exact) mass is 239 g/mol. The lowest BCUT2D eigenvalue weighted by molar-refractivity contribution is -0.157. The number of hydrogen-bond acceptors (Lipinski definition) is 2. The predicted octanol–water partition coefficient (Wildman–Crippen LogP) is 2.05. The number of aliphatic carboxylic acids is 1. The van der Waals surface area contributed by atoms with E-state index in [9.17, 15) is 9.59 Å². The van der Waals surface area contributed by atoms with Crippen molar-refractivity contribution in [1.29, 1.82) is 0 Å². The molecular weight excluding hydrogens is 218 g/mol. The summed E-state index contributed by atoms with van der Waals surface area (Å²) in [7, 11) is 0. The van der Waals surface area contributed by atoms with E-state index >= 15 is 0 Å². The highest BCUT2D eigenvalue weighted by atomic mass is 16.4. The van der Waals surface area contributed by atoms with Crippen LogP contribution < -0.4 is 0 Å². The molecule has 0 radical (unpaired) electrons. The summed E-state index contributed by atoms with van der Waals surface area (Å²) in [6.45, 7) is 5.38. The average molecular weight is 239 g/mol. The molecule has 1 aliphatic carbocycles. The van der Waals surface area contributed by atoms with Gasteiger partial charge in [-0.15, -0.1) is 0 Å². The van der Waals surface area contributed by atoms with Gasteiger partial charge in [0.15, 0.2) is 0 Å². The number of carboxylic acids is 1. The molecule has 0 saturated heterocycles. The van der Waals surface area contributed by atoms with Gasteiger partial charge in [0.25, 0.3) is 0 Å². The van der Waals surface area contributed by atoms with Gasteiger partial charge in [-0.05, 0) is 39.5 Å². The molecule has 1 amide bonds. The van der Waals surface area contributed by atoms with E-state index in [1.54, 1.807) is 13.8 Å². The quantitative estimate of drug-likeness (QED) is 0.747. The SMILES string of the molecule is CCN(C(=O)CC1C=CCC1)C(C)(C)C(=O)O. The van der Waals surface area contributed by atoms with E-state index in [4.69, 9.17) is 5.11 Å². The molecule has 1 atom stereocenters. The molecule has 0 aromatic heterocycles. The van der Waals surface area contributed by atoms with E-state index in [2.05, 4.69) is 12.2 Å². The molecule has 0 bridgehead atoms. The van der Waals surface area contributed by atoms with Crippen molar-refractivity contribution in [3.05, 3.63) is 12.2 Å². The minimum absolute atomic E-state index is 0.0727. The smallest absolute Gasteiger partial charge is 0.329 e. The summed E-state index contributed by atoms with van der Waals surface area (Å²) < 4.78 is 0. The first-order valence-electron chi connectivity index (χ1n) is 6.10. The van der Waals surface area contributed by atoms with E-state index in [-0.39, 0.29) is 11.8 Å². The highest BCUT2D eigenvalue weighted by Gasteiger charge is 2.37. The zero-order valence-electron chi connectivity index (χ0n) is 10.8. The Bertz CT molecular complexity index is 334. The van der Waals surface area contributed by atoms with Gasteiger partial charge in [0.05, 0.1) is 0 Å². The molecule has 1 unspecified atom stereocenters. The normalized spacial score (nSPS) is 19.4. The first-order chi connectivity index (χ1) is 7.89. The summed E-state index contributed by atoms with van der Waals surface area (Å²) >= 11 is 0. The number of rotatable bonds is 5. The summed E-state index contributed by atoms with van der Waals surface area (Å²) in [4.78, 5) is 24.7. The number of carboxylic acid groups (broad SMARTS) is 1. The van der Waals surface area contributed by atoms with Gasteiger partial charge in [0.1, 0.15) is 5.54 Å². The van der Waals surface area contributed by atoms with Crippen LogP contribution in [0.1, 0.15) is 40.0 Å². The van der Waals surface area contributed by atoms with Crippen molar-refractivity contribution in [3.63, 3.8) is 0 Å².